The Balaban J connectivity index is 0.00000240. The second-order valence-electron chi connectivity index (χ2n) is 8.48. The van der Waals surface area contributed by atoms with Gasteiger partial charge in [-0.15, -0.1) is 24.8 Å². The molecule has 0 aliphatic heterocycles. The molecule has 3 aromatic rings. The van der Waals surface area contributed by atoms with E-state index in [0.29, 0.717) is 0 Å². The Labute approximate surface area is 199 Å². The van der Waals surface area contributed by atoms with Gasteiger partial charge in [0.1, 0.15) is 23.7 Å². The van der Waals surface area contributed by atoms with Gasteiger partial charge in [0.25, 0.3) is 0 Å². The zero-order valence-corrected chi connectivity index (χ0v) is 21.3. The summed E-state index contributed by atoms with van der Waals surface area (Å²) in [5.74, 6) is 1.82. The zero-order valence-electron chi connectivity index (χ0n) is 19.7. The molecule has 7 heteroatoms. The molecule has 0 N–H and O–H groups in total. The Bertz CT molecular complexity index is 897. The largest absolute Gasteiger partial charge is 0.489 e. The van der Waals surface area contributed by atoms with E-state index in [2.05, 4.69) is 99.7 Å². The van der Waals surface area contributed by atoms with E-state index in [-0.39, 0.29) is 37.0 Å². The average molecular weight is 470 g/mol. The molecule has 0 saturated heterocycles. The molecular weight excluding hydrogens is 433 g/mol. The van der Waals surface area contributed by atoms with Crippen LogP contribution in [0.4, 0.5) is 0 Å². The van der Waals surface area contributed by atoms with Gasteiger partial charge >= 0.3 is 0 Å². The van der Waals surface area contributed by atoms with Crippen LogP contribution in [0.5, 0.6) is 11.5 Å². The Morgan fingerprint density at radius 2 is 1.13 bits per heavy atom. The summed E-state index contributed by atoms with van der Waals surface area (Å²) >= 11 is 0. The number of aromatic nitrogens is 1. The summed E-state index contributed by atoms with van der Waals surface area (Å²) in [6, 6.07) is 12.8. The molecule has 1 aromatic heterocycles. The monoisotopic (exact) mass is 469 g/mol. The smallest absolute Gasteiger partial charge is 0.120 e. The zero-order chi connectivity index (χ0) is 21.1. The van der Waals surface area contributed by atoms with Crippen molar-refractivity contribution in [2.45, 2.75) is 39.5 Å². The van der Waals surface area contributed by atoms with Crippen LogP contribution < -0.4 is 9.47 Å². The van der Waals surface area contributed by atoms with Crippen LogP contribution >= 0.6 is 24.8 Å². The van der Waals surface area contributed by atoms with Gasteiger partial charge in [-0.3, -0.25) is 0 Å². The van der Waals surface area contributed by atoms with Crippen molar-refractivity contribution in [3.63, 3.8) is 0 Å². The predicted molar refractivity (Wildman–Crippen MR) is 137 cm³/mol. The van der Waals surface area contributed by atoms with E-state index >= 15 is 0 Å². The average Bonchev–Trinajstić information content (AvgIpc) is 2.92. The summed E-state index contributed by atoms with van der Waals surface area (Å²) in [7, 11) is 8.26. The third kappa shape index (κ3) is 6.66. The summed E-state index contributed by atoms with van der Waals surface area (Å²) in [5, 5.41) is 2.42. The van der Waals surface area contributed by atoms with Gasteiger partial charge in [0, 0.05) is 41.4 Å². The minimum Gasteiger partial charge on any atom is -0.489 e. The van der Waals surface area contributed by atoms with Crippen LogP contribution in [0, 0.1) is 0 Å². The van der Waals surface area contributed by atoms with Crippen LogP contribution in [-0.4, -0.2) is 67.9 Å². The number of likely N-dealkylation sites (N-methyl/N-ethyl adjacent to an activating group) is 2. The molecular formula is C24H37Cl2N3O2. The molecule has 3 rings (SSSR count). The van der Waals surface area contributed by atoms with Gasteiger partial charge in [-0.1, -0.05) is 0 Å². The minimum atomic E-state index is 0. The second kappa shape index (κ2) is 11.8. The number of nitrogens with zero attached hydrogens (tertiary/aromatic N) is 3. The first-order valence-corrected chi connectivity index (χ1v) is 10.5. The SMILES string of the molecule is CCn1c2ccc(OC(C)CN(C)C)cc2c2cc(OC(C)CN(C)C)ccc21.Cl.Cl. The van der Waals surface area contributed by atoms with E-state index in [9.17, 15) is 0 Å². The Hall–Kier alpha value is -1.66. The van der Waals surface area contributed by atoms with Crippen molar-refractivity contribution in [3.05, 3.63) is 36.4 Å². The number of aryl methyl sites for hydroxylation is 1. The fraction of sp³-hybridized carbons (Fsp3) is 0.500. The molecule has 0 aliphatic carbocycles. The molecule has 0 saturated carbocycles. The quantitative estimate of drug-likeness (QED) is 0.424. The van der Waals surface area contributed by atoms with Gasteiger partial charge in [-0.25, -0.2) is 0 Å². The summed E-state index contributed by atoms with van der Waals surface area (Å²) < 4.78 is 14.7. The van der Waals surface area contributed by atoms with E-state index in [1.165, 1.54) is 21.8 Å². The van der Waals surface area contributed by atoms with Gasteiger partial charge in [0.05, 0.1) is 0 Å². The number of ether oxygens (including phenoxy) is 2. The maximum Gasteiger partial charge on any atom is 0.120 e. The fourth-order valence-corrected chi connectivity index (χ4v) is 4.12. The van der Waals surface area contributed by atoms with Crippen LogP contribution in [0.25, 0.3) is 21.8 Å². The topological polar surface area (TPSA) is 29.9 Å². The first-order valence-electron chi connectivity index (χ1n) is 10.5. The lowest BCUT2D eigenvalue weighted by Crippen LogP contribution is -2.27. The molecule has 5 nitrogen and oxygen atoms in total. The van der Waals surface area contributed by atoms with Gasteiger partial charge in [-0.2, -0.15) is 0 Å². The molecule has 0 aliphatic rings. The van der Waals surface area contributed by atoms with Crippen molar-refractivity contribution in [1.29, 1.82) is 0 Å². The summed E-state index contributed by atoms with van der Waals surface area (Å²) in [6.07, 6.45) is 0.264. The Kier molecular flexibility index (Phi) is 10.4. The maximum atomic E-state index is 6.18. The molecule has 174 valence electrons. The van der Waals surface area contributed by atoms with Gasteiger partial charge in [0.15, 0.2) is 0 Å². The maximum absolute atomic E-state index is 6.18. The van der Waals surface area contributed by atoms with Crippen LogP contribution in [0.2, 0.25) is 0 Å². The highest BCUT2D eigenvalue weighted by molar-refractivity contribution is 6.09. The van der Waals surface area contributed by atoms with Crippen molar-refractivity contribution in [3.8, 4) is 11.5 Å². The fourth-order valence-electron chi connectivity index (χ4n) is 4.12. The lowest BCUT2D eigenvalue weighted by molar-refractivity contribution is 0.176. The van der Waals surface area contributed by atoms with Crippen molar-refractivity contribution in [2.75, 3.05) is 41.3 Å². The first-order chi connectivity index (χ1) is 13.8. The van der Waals surface area contributed by atoms with Gasteiger partial charge in [0.2, 0.25) is 0 Å². The highest BCUT2D eigenvalue weighted by Crippen LogP contribution is 2.34. The minimum absolute atomic E-state index is 0. The van der Waals surface area contributed by atoms with Crippen molar-refractivity contribution in [2.24, 2.45) is 0 Å². The molecule has 0 fully saturated rings. The van der Waals surface area contributed by atoms with E-state index in [0.717, 1.165) is 31.1 Å². The number of benzene rings is 2. The lowest BCUT2D eigenvalue weighted by Gasteiger charge is -2.19. The van der Waals surface area contributed by atoms with Gasteiger partial charge < -0.3 is 23.8 Å². The Morgan fingerprint density at radius 1 is 0.742 bits per heavy atom. The van der Waals surface area contributed by atoms with Crippen LogP contribution in [0.15, 0.2) is 36.4 Å². The van der Waals surface area contributed by atoms with Crippen LogP contribution in [0.1, 0.15) is 20.8 Å². The molecule has 0 bridgehead atoms. The number of rotatable bonds is 9. The molecule has 0 spiro atoms. The van der Waals surface area contributed by atoms with Crippen LogP contribution in [0.3, 0.4) is 0 Å². The molecule has 31 heavy (non-hydrogen) atoms. The first kappa shape index (κ1) is 27.4. The van der Waals surface area contributed by atoms with Crippen molar-refractivity contribution in [1.82, 2.24) is 14.4 Å². The molecule has 0 amide bonds. The normalized spacial score (nSPS) is 13.2. The molecule has 0 radical (unpaired) electrons. The van der Waals surface area contributed by atoms with Crippen molar-refractivity contribution < 1.29 is 9.47 Å². The second-order valence-corrected chi connectivity index (χ2v) is 8.48. The summed E-state index contributed by atoms with van der Waals surface area (Å²) in [4.78, 5) is 4.29. The van der Waals surface area contributed by atoms with E-state index < -0.39 is 0 Å². The highest BCUT2D eigenvalue weighted by Gasteiger charge is 2.14. The number of halogens is 2. The van der Waals surface area contributed by atoms with Crippen LogP contribution in [-0.2, 0) is 6.54 Å². The van der Waals surface area contributed by atoms with E-state index in [4.69, 9.17) is 9.47 Å². The molecule has 1 heterocycles. The Morgan fingerprint density at radius 3 is 1.45 bits per heavy atom. The number of hydrogen-bond acceptors (Lipinski definition) is 4. The van der Waals surface area contributed by atoms with Gasteiger partial charge in [-0.05, 0) is 85.4 Å². The molecule has 2 unspecified atom stereocenters. The lowest BCUT2D eigenvalue weighted by atomic mass is 10.1. The molecule has 2 aromatic carbocycles. The van der Waals surface area contributed by atoms with E-state index in [1.54, 1.807) is 0 Å². The predicted octanol–water partition coefficient (Wildman–Crippen LogP) is 5.32. The summed E-state index contributed by atoms with van der Waals surface area (Å²) in [6.45, 7) is 9.10. The standard InChI is InChI=1S/C24H35N3O2.2ClH/c1-8-27-23-11-9-19(28-17(2)15-25(4)5)13-21(23)22-14-20(10-12-24(22)27)29-18(3)16-26(6)7;;/h9-14,17-18H,8,15-16H2,1-7H3;2*1H. The third-order valence-electron chi connectivity index (χ3n) is 5.04. The number of fused-ring (bicyclic) bond motifs is 3. The highest BCUT2D eigenvalue weighted by atomic mass is 35.5. The van der Waals surface area contributed by atoms with E-state index in [1.807, 2.05) is 0 Å². The molecule has 2 atom stereocenters. The van der Waals surface area contributed by atoms with Crippen molar-refractivity contribution >= 4 is 46.6 Å². The summed E-state index contributed by atoms with van der Waals surface area (Å²) in [5.41, 5.74) is 2.46. The number of hydrogen-bond donors (Lipinski definition) is 0. The third-order valence-corrected chi connectivity index (χ3v) is 5.04.